The summed E-state index contributed by atoms with van der Waals surface area (Å²) in [6, 6.07) is 8.75. The predicted molar refractivity (Wildman–Crippen MR) is 131 cm³/mol. The van der Waals surface area contributed by atoms with E-state index in [1.54, 1.807) is 29.4 Å². The van der Waals surface area contributed by atoms with Gasteiger partial charge in [-0.2, -0.15) is 0 Å². The van der Waals surface area contributed by atoms with Gasteiger partial charge in [-0.25, -0.2) is 14.8 Å². The zero-order valence-electron chi connectivity index (χ0n) is 18.7. The summed E-state index contributed by atoms with van der Waals surface area (Å²) < 4.78 is 5.60. The van der Waals surface area contributed by atoms with Crippen LogP contribution in [0.2, 0.25) is 5.02 Å². The summed E-state index contributed by atoms with van der Waals surface area (Å²) in [6.45, 7) is 3.91. The number of nitrogens with zero attached hydrogens (tertiary/aromatic N) is 5. The molecule has 0 aliphatic carbocycles. The van der Waals surface area contributed by atoms with Crippen molar-refractivity contribution in [1.82, 2.24) is 15.0 Å². The van der Waals surface area contributed by atoms with Crippen molar-refractivity contribution < 1.29 is 14.6 Å². The number of hydrogen-bond acceptors (Lipinski definition) is 7. The smallest absolute Gasteiger partial charge is 0.329 e. The van der Waals surface area contributed by atoms with Crippen molar-refractivity contribution in [3.05, 3.63) is 53.4 Å². The van der Waals surface area contributed by atoms with Gasteiger partial charge in [0.05, 0.1) is 29.1 Å². The van der Waals surface area contributed by atoms with E-state index in [1.807, 2.05) is 25.1 Å². The molecule has 3 aromatic rings. The van der Waals surface area contributed by atoms with E-state index in [1.165, 1.54) is 0 Å². The average molecular weight is 481 g/mol. The number of rotatable bonds is 6. The summed E-state index contributed by atoms with van der Waals surface area (Å²) in [7, 11) is 0. The average Bonchev–Trinajstić information content (AvgIpc) is 3.24. The third-order valence-corrected chi connectivity index (χ3v) is 6.25. The second-order valence-corrected chi connectivity index (χ2v) is 8.75. The highest BCUT2D eigenvalue weighted by molar-refractivity contribution is 6.33. The van der Waals surface area contributed by atoms with Gasteiger partial charge in [0.2, 0.25) is 0 Å². The number of aliphatic hydroxyl groups excluding tert-OH is 1. The molecule has 2 N–H and O–H groups in total. The molecule has 2 aliphatic heterocycles. The highest BCUT2D eigenvalue weighted by Gasteiger charge is 2.41. The maximum absolute atomic E-state index is 13.5. The Labute approximate surface area is 202 Å². The number of carbonyl (C=O) groups excluding carboxylic acids is 1. The zero-order valence-corrected chi connectivity index (χ0v) is 19.5. The highest BCUT2D eigenvalue weighted by atomic mass is 35.5. The van der Waals surface area contributed by atoms with E-state index >= 15 is 0 Å². The molecule has 0 aromatic carbocycles. The topological polar surface area (TPSA) is 104 Å². The summed E-state index contributed by atoms with van der Waals surface area (Å²) in [5, 5.41) is 12.4. The fourth-order valence-corrected chi connectivity index (χ4v) is 4.63. The molecule has 34 heavy (non-hydrogen) atoms. The number of ether oxygens (including phenoxy) is 1. The number of amides is 2. The molecule has 5 rings (SSSR count). The summed E-state index contributed by atoms with van der Waals surface area (Å²) in [6.07, 6.45) is 4.66. The molecule has 0 saturated carbocycles. The van der Waals surface area contributed by atoms with Gasteiger partial charge in [-0.3, -0.25) is 15.2 Å². The highest BCUT2D eigenvalue weighted by Crippen LogP contribution is 2.43. The molecule has 9 nitrogen and oxygen atoms in total. The van der Waals surface area contributed by atoms with E-state index in [2.05, 4.69) is 20.2 Å². The fraction of sp³-hybridized carbons (Fsp3) is 0.333. The summed E-state index contributed by atoms with van der Waals surface area (Å²) in [5.41, 5.74) is 3.17. The molecule has 1 atom stereocenters. The standard InChI is InChI=1S/C24H25ClN6O3/c1-15-11-16(3-6-26-15)22-19(25)13-20-23(29-22)31(17-5-8-30(20)14-17)24(33)28-21-12-18(4-7-27-21)34-10-2-9-32/h3-4,6-7,11-13,17,32H,2,5,8-10,14H2,1H3,(H,27,28,33). The monoisotopic (exact) mass is 480 g/mol. The first-order valence-electron chi connectivity index (χ1n) is 11.2. The molecule has 1 unspecified atom stereocenters. The maximum atomic E-state index is 13.5. The molecule has 2 amide bonds. The quantitative estimate of drug-likeness (QED) is 0.516. The Morgan fingerprint density at radius 1 is 1.26 bits per heavy atom. The Morgan fingerprint density at radius 2 is 2.12 bits per heavy atom. The van der Waals surface area contributed by atoms with Crippen molar-refractivity contribution >= 4 is 35.0 Å². The number of halogens is 1. The van der Waals surface area contributed by atoms with E-state index in [-0.39, 0.29) is 18.7 Å². The summed E-state index contributed by atoms with van der Waals surface area (Å²) >= 11 is 6.64. The van der Waals surface area contributed by atoms with Gasteiger partial charge >= 0.3 is 6.03 Å². The van der Waals surface area contributed by atoms with Gasteiger partial charge in [0.1, 0.15) is 11.6 Å². The molecular formula is C24H25ClN6O3. The molecule has 2 bridgehead atoms. The first kappa shape index (κ1) is 22.4. The van der Waals surface area contributed by atoms with Crippen LogP contribution in [0.1, 0.15) is 18.5 Å². The molecule has 0 spiro atoms. The molecule has 5 heterocycles. The van der Waals surface area contributed by atoms with Crippen LogP contribution in [0.5, 0.6) is 5.75 Å². The van der Waals surface area contributed by atoms with Crippen LogP contribution in [-0.4, -0.2) is 58.4 Å². The van der Waals surface area contributed by atoms with Crippen LogP contribution in [0.4, 0.5) is 22.1 Å². The largest absolute Gasteiger partial charge is 0.493 e. The van der Waals surface area contributed by atoms with Gasteiger partial charge in [-0.05, 0) is 37.6 Å². The Hall–Kier alpha value is -3.43. The molecule has 10 heteroatoms. The number of urea groups is 1. The minimum absolute atomic E-state index is 0.00260. The third-order valence-electron chi connectivity index (χ3n) is 5.96. The lowest BCUT2D eigenvalue weighted by Gasteiger charge is -2.36. The molecule has 2 aliphatic rings. The van der Waals surface area contributed by atoms with Crippen LogP contribution in [-0.2, 0) is 0 Å². The van der Waals surface area contributed by atoms with Gasteiger partial charge < -0.3 is 14.7 Å². The minimum atomic E-state index is -0.306. The number of aliphatic hydroxyl groups is 1. The first-order valence-corrected chi connectivity index (χ1v) is 11.6. The molecule has 1 fully saturated rings. The van der Waals surface area contributed by atoms with E-state index in [9.17, 15) is 4.79 Å². The number of aryl methyl sites for hydroxylation is 1. The van der Waals surface area contributed by atoms with Crippen molar-refractivity contribution in [1.29, 1.82) is 0 Å². The summed E-state index contributed by atoms with van der Waals surface area (Å²) in [4.78, 5) is 30.8. The Balaban J connectivity index is 1.46. The van der Waals surface area contributed by atoms with Crippen LogP contribution in [0.3, 0.4) is 0 Å². The van der Waals surface area contributed by atoms with Crippen molar-refractivity contribution in [3.8, 4) is 17.0 Å². The van der Waals surface area contributed by atoms with Crippen LogP contribution >= 0.6 is 11.6 Å². The number of anilines is 3. The van der Waals surface area contributed by atoms with Crippen molar-refractivity contribution in [2.45, 2.75) is 25.8 Å². The number of nitrogens with one attached hydrogen (secondary N) is 1. The van der Waals surface area contributed by atoms with Crippen molar-refractivity contribution in [2.75, 3.05) is 41.4 Å². The van der Waals surface area contributed by atoms with E-state index in [0.29, 0.717) is 41.1 Å². The van der Waals surface area contributed by atoms with Crippen LogP contribution in [0.25, 0.3) is 11.3 Å². The van der Waals surface area contributed by atoms with Crippen LogP contribution in [0, 0.1) is 6.92 Å². The normalized spacial score (nSPS) is 16.4. The lowest BCUT2D eigenvalue weighted by atomic mass is 10.1. The molecule has 176 valence electrons. The zero-order chi connectivity index (χ0) is 23.7. The van der Waals surface area contributed by atoms with Gasteiger partial charge in [-0.15, -0.1) is 0 Å². The lowest BCUT2D eigenvalue weighted by Crippen LogP contribution is -2.48. The number of fused-ring (bicyclic) bond motifs is 4. The van der Waals surface area contributed by atoms with Gasteiger partial charge in [0, 0.05) is 55.8 Å². The number of aromatic nitrogens is 3. The number of pyridine rings is 3. The predicted octanol–water partition coefficient (Wildman–Crippen LogP) is 3.89. The van der Waals surface area contributed by atoms with Gasteiger partial charge in [0.25, 0.3) is 0 Å². The second kappa shape index (κ2) is 9.44. The Bertz CT molecular complexity index is 1220. The molecular weight excluding hydrogens is 456 g/mol. The second-order valence-electron chi connectivity index (χ2n) is 8.34. The summed E-state index contributed by atoms with van der Waals surface area (Å²) in [5.74, 6) is 1.54. The van der Waals surface area contributed by atoms with Gasteiger partial charge in [0.15, 0.2) is 5.82 Å². The van der Waals surface area contributed by atoms with E-state index in [4.69, 9.17) is 26.4 Å². The molecule has 0 radical (unpaired) electrons. The van der Waals surface area contributed by atoms with E-state index < -0.39 is 0 Å². The first-order chi connectivity index (χ1) is 16.5. The van der Waals surface area contributed by atoms with Crippen molar-refractivity contribution in [2.24, 2.45) is 0 Å². The molecule has 1 saturated heterocycles. The van der Waals surface area contributed by atoms with E-state index in [0.717, 1.165) is 36.5 Å². The third kappa shape index (κ3) is 4.36. The molecule has 3 aromatic heterocycles. The number of hydrogen-bond donors (Lipinski definition) is 2. The van der Waals surface area contributed by atoms with Gasteiger partial charge in [-0.1, -0.05) is 11.6 Å². The fourth-order valence-electron chi connectivity index (χ4n) is 4.37. The lowest BCUT2D eigenvalue weighted by molar-refractivity contribution is 0.233. The van der Waals surface area contributed by atoms with Crippen LogP contribution in [0.15, 0.2) is 42.7 Å². The van der Waals surface area contributed by atoms with Crippen molar-refractivity contribution in [3.63, 3.8) is 0 Å². The Morgan fingerprint density at radius 3 is 2.94 bits per heavy atom. The van der Waals surface area contributed by atoms with Crippen LogP contribution < -0.4 is 19.9 Å². The SMILES string of the molecule is Cc1cc(-c2nc3c(cc2Cl)N2CCC(C2)N3C(=O)Nc2cc(OCCCO)ccn2)ccn1. The Kier molecular flexibility index (Phi) is 6.21. The maximum Gasteiger partial charge on any atom is 0.329 e. The number of carbonyl (C=O) groups is 1. The minimum Gasteiger partial charge on any atom is -0.493 e.